The van der Waals surface area contributed by atoms with Gasteiger partial charge in [0.15, 0.2) is 5.65 Å². The first-order chi connectivity index (χ1) is 13.9. The Morgan fingerprint density at radius 1 is 1.03 bits per heavy atom. The number of nitrogens with zero attached hydrogens (tertiary/aromatic N) is 3. The quantitative estimate of drug-likeness (QED) is 0.492. The summed E-state index contributed by atoms with van der Waals surface area (Å²) in [6.07, 6.45) is 0.759. The lowest BCUT2D eigenvalue weighted by Gasteiger charge is -2.17. The number of hydrogen-bond acceptors (Lipinski definition) is 3. The van der Waals surface area contributed by atoms with Gasteiger partial charge in [0.1, 0.15) is 17.0 Å². The van der Waals surface area contributed by atoms with Crippen LogP contribution in [-0.2, 0) is 13.6 Å². The molecule has 2 heterocycles. The molecule has 2 aromatic heterocycles. The number of halogens is 1. The van der Waals surface area contributed by atoms with Crippen LogP contribution < -0.4 is 11.0 Å². The van der Waals surface area contributed by atoms with Crippen molar-refractivity contribution in [3.05, 3.63) is 74.9 Å². The summed E-state index contributed by atoms with van der Waals surface area (Å²) in [4.78, 5) is 31.3. The van der Waals surface area contributed by atoms with E-state index in [4.69, 9.17) is 4.98 Å². The number of benzene rings is 2. The van der Waals surface area contributed by atoms with Crippen LogP contribution in [0.15, 0.2) is 58.1 Å². The summed E-state index contributed by atoms with van der Waals surface area (Å²) in [6, 6.07) is 13.1. The monoisotopic (exact) mass is 391 g/mol. The maximum atomic E-state index is 13.5. The van der Waals surface area contributed by atoms with Gasteiger partial charge in [0.05, 0.1) is 5.52 Å². The third kappa shape index (κ3) is 3.24. The highest BCUT2D eigenvalue weighted by molar-refractivity contribution is 5.91. The number of para-hydroxylation sites is 1. The van der Waals surface area contributed by atoms with Crippen molar-refractivity contribution in [1.29, 1.82) is 0 Å². The van der Waals surface area contributed by atoms with E-state index in [1.165, 1.54) is 12.1 Å². The zero-order valence-corrected chi connectivity index (χ0v) is 16.6. The molecule has 0 atom stereocenters. The topological polar surface area (TPSA) is 56.9 Å². The molecule has 0 amide bonds. The number of pyridine rings is 1. The summed E-state index contributed by atoms with van der Waals surface area (Å²) < 4.78 is 16.8. The van der Waals surface area contributed by atoms with Crippen LogP contribution in [0.3, 0.4) is 0 Å². The fourth-order valence-electron chi connectivity index (χ4n) is 3.61. The van der Waals surface area contributed by atoms with E-state index in [2.05, 4.69) is 13.8 Å². The summed E-state index contributed by atoms with van der Waals surface area (Å²) in [5, 5.41) is 0.576. The molecule has 6 heteroatoms. The van der Waals surface area contributed by atoms with Crippen molar-refractivity contribution in [3.63, 3.8) is 0 Å². The molecule has 4 rings (SSSR count). The molecule has 0 aliphatic carbocycles. The molecule has 0 aliphatic heterocycles. The molecule has 0 saturated carbocycles. The lowest BCUT2D eigenvalue weighted by atomic mass is 10.1. The second kappa shape index (κ2) is 7.28. The Labute approximate surface area is 167 Å². The van der Waals surface area contributed by atoms with Crippen LogP contribution >= 0.6 is 0 Å². The fraction of sp³-hybridized carbons (Fsp3) is 0.261. The molecule has 0 saturated heterocycles. The highest BCUT2D eigenvalue weighted by Crippen LogP contribution is 2.21. The van der Waals surface area contributed by atoms with Crippen molar-refractivity contribution in [2.75, 3.05) is 0 Å². The maximum Gasteiger partial charge on any atom is 0.267 e. The standard InChI is InChI=1S/C23H22FN3O2/c1-14(2)12-13-27-21(15-8-10-16(24)11-9-15)25-22-19(23(27)29)20(28)17-6-4-5-7-18(17)26(22)3/h4-11,14H,12-13H2,1-3H3. The first-order valence-electron chi connectivity index (χ1n) is 9.66. The molecule has 0 fully saturated rings. The van der Waals surface area contributed by atoms with Crippen LogP contribution in [0, 0.1) is 11.7 Å². The van der Waals surface area contributed by atoms with Gasteiger partial charge in [-0.05, 0) is 48.7 Å². The van der Waals surface area contributed by atoms with Gasteiger partial charge < -0.3 is 4.57 Å². The second-order valence-electron chi connectivity index (χ2n) is 7.69. The third-order valence-corrected chi connectivity index (χ3v) is 5.24. The number of hydrogen-bond donors (Lipinski definition) is 0. The molecule has 4 aromatic rings. The molecular weight excluding hydrogens is 369 g/mol. The van der Waals surface area contributed by atoms with Gasteiger partial charge in [-0.15, -0.1) is 0 Å². The van der Waals surface area contributed by atoms with Crippen molar-refractivity contribution in [3.8, 4) is 11.4 Å². The molecule has 148 valence electrons. The summed E-state index contributed by atoms with van der Waals surface area (Å²) in [7, 11) is 1.80. The molecule has 0 unspecified atom stereocenters. The van der Waals surface area contributed by atoms with Gasteiger partial charge in [0.2, 0.25) is 5.43 Å². The summed E-state index contributed by atoms with van der Waals surface area (Å²) >= 11 is 0. The van der Waals surface area contributed by atoms with Crippen LogP contribution in [0.25, 0.3) is 33.3 Å². The lowest BCUT2D eigenvalue weighted by molar-refractivity contribution is 0.509. The SMILES string of the molecule is CC(C)CCn1c(-c2ccc(F)cc2)nc2c(c(=O)c3ccccc3n2C)c1=O. The highest BCUT2D eigenvalue weighted by atomic mass is 19.1. The van der Waals surface area contributed by atoms with E-state index in [0.29, 0.717) is 40.4 Å². The Bertz CT molecular complexity index is 1340. The normalized spacial score (nSPS) is 11.6. The Morgan fingerprint density at radius 3 is 2.41 bits per heavy atom. The molecule has 0 N–H and O–H groups in total. The largest absolute Gasteiger partial charge is 0.328 e. The van der Waals surface area contributed by atoms with Crippen LogP contribution in [0.4, 0.5) is 4.39 Å². The average molecular weight is 391 g/mol. The first kappa shape index (κ1) is 19.1. The van der Waals surface area contributed by atoms with E-state index in [0.717, 1.165) is 6.42 Å². The predicted octanol–water partition coefficient (Wildman–Crippen LogP) is 4.10. The van der Waals surface area contributed by atoms with Crippen molar-refractivity contribution >= 4 is 21.9 Å². The number of aromatic nitrogens is 3. The third-order valence-electron chi connectivity index (χ3n) is 5.24. The van der Waals surface area contributed by atoms with Gasteiger partial charge >= 0.3 is 0 Å². The minimum Gasteiger partial charge on any atom is -0.328 e. The Morgan fingerprint density at radius 2 is 1.72 bits per heavy atom. The van der Waals surface area contributed by atoms with Gasteiger partial charge in [-0.25, -0.2) is 9.37 Å². The van der Waals surface area contributed by atoms with Crippen molar-refractivity contribution in [2.24, 2.45) is 13.0 Å². The van der Waals surface area contributed by atoms with Gasteiger partial charge in [-0.1, -0.05) is 26.0 Å². The predicted molar refractivity (Wildman–Crippen MR) is 114 cm³/mol. The Balaban J connectivity index is 2.13. The Hall–Kier alpha value is -3.28. The minimum atomic E-state index is -0.360. The van der Waals surface area contributed by atoms with Crippen molar-refractivity contribution in [2.45, 2.75) is 26.8 Å². The molecule has 0 radical (unpaired) electrons. The van der Waals surface area contributed by atoms with Gasteiger partial charge in [-0.2, -0.15) is 0 Å². The first-order valence-corrected chi connectivity index (χ1v) is 9.66. The van der Waals surface area contributed by atoms with E-state index < -0.39 is 0 Å². The molecule has 29 heavy (non-hydrogen) atoms. The van der Waals surface area contributed by atoms with E-state index >= 15 is 0 Å². The molecule has 2 aromatic carbocycles. The lowest BCUT2D eigenvalue weighted by Crippen LogP contribution is -2.29. The van der Waals surface area contributed by atoms with E-state index in [1.54, 1.807) is 40.4 Å². The van der Waals surface area contributed by atoms with Crippen LogP contribution in [0.5, 0.6) is 0 Å². The van der Waals surface area contributed by atoms with E-state index in [1.807, 2.05) is 12.1 Å². The molecule has 0 aliphatic rings. The minimum absolute atomic E-state index is 0.0841. The van der Waals surface area contributed by atoms with Gasteiger partial charge in [0, 0.05) is 24.5 Å². The average Bonchev–Trinajstić information content (AvgIpc) is 2.71. The summed E-state index contributed by atoms with van der Waals surface area (Å²) in [5.74, 6) is 0.454. The smallest absolute Gasteiger partial charge is 0.267 e. The number of rotatable bonds is 4. The Kier molecular flexibility index (Phi) is 4.78. The van der Waals surface area contributed by atoms with E-state index in [-0.39, 0.29) is 22.2 Å². The molecule has 5 nitrogen and oxygen atoms in total. The van der Waals surface area contributed by atoms with Crippen molar-refractivity contribution < 1.29 is 4.39 Å². The number of fused-ring (bicyclic) bond motifs is 2. The summed E-state index contributed by atoms with van der Waals surface area (Å²) in [6.45, 7) is 4.58. The highest BCUT2D eigenvalue weighted by Gasteiger charge is 2.19. The maximum absolute atomic E-state index is 13.5. The summed E-state index contributed by atoms with van der Waals surface area (Å²) in [5.41, 5.74) is 1.01. The zero-order valence-electron chi connectivity index (χ0n) is 16.6. The van der Waals surface area contributed by atoms with Crippen LogP contribution in [0.1, 0.15) is 20.3 Å². The van der Waals surface area contributed by atoms with Crippen LogP contribution in [0.2, 0.25) is 0 Å². The second-order valence-corrected chi connectivity index (χ2v) is 7.69. The zero-order chi connectivity index (χ0) is 20.7. The van der Waals surface area contributed by atoms with Gasteiger partial charge in [-0.3, -0.25) is 14.2 Å². The number of aryl methyl sites for hydroxylation is 1. The van der Waals surface area contributed by atoms with Gasteiger partial charge in [0.25, 0.3) is 5.56 Å². The van der Waals surface area contributed by atoms with E-state index in [9.17, 15) is 14.0 Å². The van der Waals surface area contributed by atoms with Crippen LogP contribution in [-0.4, -0.2) is 14.1 Å². The molecule has 0 bridgehead atoms. The van der Waals surface area contributed by atoms with Crippen molar-refractivity contribution in [1.82, 2.24) is 14.1 Å². The fourth-order valence-corrected chi connectivity index (χ4v) is 3.61. The molecular formula is C23H22FN3O2. The molecule has 0 spiro atoms.